The molecule has 2 aliphatic rings. The normalized spacial score (nSPS) is 45.1. The molecule has 2 fully saturated rings. The molecule has 0 spiro atoms. The van der Waals surface area contributed by atoms with Crippen LogP contribution in [0.3, 0.4) is 0 Å². The van der Waals surface area contributed by atoms with E-state index in [1.54, 1.807) is 0 Å². The summed E-state index contributed by atoms with van der Waals surface area (Å²) >= 11 is 0. The summed E-state index contributed by atoms with van der Waals surface area (Å²) in [6.07, 6.45) is 4.14. The maximum Gasteiger partial charge on any atom is 0.225 e. The third kappa shape index (κ3) is 2.28. The minimum absolute atomic E-state index is 0.0515. The first-order chi connectivity index (χ1) is 7.39. The molecule has 0 N–H and O–H groups in total. The van der Waals surface area contributed by atoms with Crippen molar-refractivity contribution in [3.05, 3.63) is 0 Å². The number of fused-ring (bicyclic) bond motifs is 1. The number of nitrogens with zero attached hydrogens (tertiary/aromatic N) is 1. The molecule has 1 amide bonds. The van der Waals surface area contributed by atoms with Gasteiger partial charge >= 0.3 is 0 Å². The summed E-state index contributed by atoms with van der Waals surface area (Å²) in [5, 5.41) is -0.0515. The average Bonchev–Trinajstić information content (AvgIpc) is 2.23. The van der Waals surface area contributed by atoms with Crippen LogP contribution in [-0.4, -0.2) is 32.2 Å². The third-order valence-electron chi connectivity index (χ3n) is 4.31. The lowest BCUT2D eigenvalue weighted by molar-refractivity contribution is -0.136. The van der Waals surface area contributed by atoms with Crippen molar-refractivity contribution >= 4 is 13.8 Å². The van der Waals surface area contributed by atoms with Crippen molar-refractivity contribution in [2.45, 2.75) is 44.8 Å². The lowest BCUT2D eigenvalue weighted by Gasteiger charge is -2.40. The molecule has 0 aromatic heterocycles. The minimum Gasteiger partial charge on any atom is -0.345 e. The number of likely N-dealkylation sites (tertiary alicyclic amines) is 1. The van der Waals surface area contributed by atoms with Crippen molar-refractivity contribution in [1.29, 1.82) is 0 Å². The number of amides is 1. The fourth-order valence-corrected chi connectivity index (χ4v) is 3.57. The second-order valence-electron chi connectivity index (χ2n) is 6.32. The van der Waals surface area contributed by atoms with E-state index in [2.05, 4.69) is 13.8 Å². The van der Waals surface area contributed by atoms with Gasteiger partial charge in [-0.15, -0.1) is 0 Å². The van der Waals surface area contributed by atoms with Gasteiger partial charge in [-0.05, 0) is 24.7 Å². The number of carbonyl (C=O) groups excluding carboxylic acids is 1. The molecule has 4 atom stereocenters. The summed E-state index contributed by atoms with van der Waals surface area (Å²) in [5.41, 5.74) is 0. The molecule has 0 aromatic rings. The molecule has 4 unspecified atom stereocenters. The zero-order chi connectivity index (χ0) is 11.9. The van der Waals surface area contributed by atoms with Gasteiger partial charge in [-0.1, -0.05) is 32.0 Å². The lowest BCUT2D eigenvalue weighted by atomic mass is 9.55. The van der Waals surface area contributed by atoms with Gasteiger partial charge in [0.05, 0.1) is 7.85 Å². The van der Waals surface area contributed by atoms with Crippen LogP contribution < -0.4 is 0 Å². The van der Waals surface area contributed by atoms with Gasteiger partial charge in [-0.25, -0.2) is 0 Å². The smallest absolute Gasteiger partial charge is 0.225 e. The SMILES string of the molecule is [B]C1(C)CCC2C(=O)N(C)CC(C)CC2C1. The Morgan fingerprint density at radius 1 is 1.50 bits per heavy atom. The fourth-order valence-electron chi connectivity index (χ4n) is 3.57. The van der Waals surface area contributed by atoms with Crippen LogP contribution in [0.2, 0.25) is 5.31 Å². The number of hydrogen-bond donors (Lipinski definition) is 0. The quantitative estimate of drug-likeness (QED) is 0.572. The van der Waals surface area contributed by atoms with Gasteiger partial charge in [0, 0.05) is 19.5 Å². The molecule has 1 heterocycles. The summed E-state index contributed by atoms with van der Waals surface area (Å²) in [6.45, 7) is 5.29. The van der Waals surface area contributed by atoms with Crippen LogP contribution in [0.4, 0.5) is 0 Å². The molecule has 1 aliphatic carbocycles. The van der Waals surface area contributed by atoms with Crippen LogP contribution in [0.5, 0.6) is 0 Å². The van der Waals surface area contributed by atoms with E-state index in [-0.39, 0.29) is 11.2 Å². The molecule has 1 aliphatic heterocycles. The largest absolute Gasteiger partial charge is 0.345 e. The van der Waals surface area contributed by atoms with E-state index in [0.717, 1.165) is 32.2 Å². The van der Waals surface area contributed by atoms with E-state index in [1.807, 2.05) is 11.9 Å². The molecule has 0 aromatic carbocycles. The van der Waals surface area contributed by atoms with Crippen molar-refractivity contribution in [2.24, 2.45) is 17.8 Å². The first kappa shape index (κ1) is 12.0. The number of hydrogen-bond acceptors (Lipinski definition) is 1. The van der Waals surface area contributed by atoms with Crippen molar-refractivity contribution in [2.75, 3.05) is 13.6 Å². The highest BCUT2D eigenvalue weighted by Gasteiger charge is 2.41. The first-order valence-electron chi connectivity index (χ1n) is 6.43. The van der Waals surface area contributed by atoms with Crippen molar-refractivity contribution in [3.8, 4) is 0 Å². The monoisotopic (exact) mass is 219 g/mol. The minimum atomic E-state index is -0.0515. The average molecular weight is 219 g/mol. The Morgan fingerprint density at radius 3 is 2.88 bits per heavy atom. The summed E-state index contributed by atoms with van der Waals surface area (Å²) < 4.78 is 0. The highest BCUT2D eigenvalue weighted by Crippen LogP contribution is 2.48. The Morgan fingerprint density at radius 2 is 2.19 bits per heavy atom. The van der Waals surface area contributed by atoms with E-state index in [9.17, 15) is 4.79 Å². The third-order valence-corrected chi connectivity index (χ3v) is 4.31. The van der Waals surface area contributed by atoms with Crippen LogP contribution in [0, 0.1) is 17.8 Å². The van der Waals surface area contributed by atoms with E-state index in [4.69, 9.17) is 7.85 Å². The highest BCUT2D eigenvalue weighted by molar-refractivity contribution is 6.15. The van der Waals surface area contributed by atoms with Gasteiger partial charge < -0.3 is 4.90 Å². The van der Waals surface area contributed by atoms with Gasteiger partial charge in [0.25, 0.3) is 0 Å². The summed E-state index contributed by atoms with van der Waals surface area (Å²) in [4.78, 5) is 14.1. The molecule has 2 rings (SSSR count). The Kier molecular flexibility index (Phi) is 3.06. The van der Waals surface area contributed by atoms with Crippen molar-refractivity contribution in [1.82, 2.24) is 4.90 Å². The predicted octanol–water partition coefficient (Wildman–Crippen LogP) is 2.25. The van der Waals surface area contributed by atoms with Crippen LogP contribution >= 0.6 is 0 Å². The molecule has 3 heteroatoms. The second kappa shape index (κ2) is 4.08. The maximum atomic E-state index is 12.2. The molecule has 1 saturated heterocycles. The summed E-state index contributed by atoms with van der Waals surface area (Å²) in [6, 6.07) is 0. The van der Waals surface area contributed by atoms with Gasteiger partial charge in [-0.2, -0.15) is 0 Å². The molecular weight excluding hydrogens is 197 g/mol. The van der Waals surface area contributed by atoms with E-state index in [1.165, 1.54) is 0 Å². The molecular formula is C13H22BNO. The Bertz CT molecular complexity index is 290. The van der Waals surface area contributed by atoms with Crippen molar-refractivity contribution < 1.29 is 4.79 Å². The summed E-state index contributed by atoms with van der Waals surface area (Å²) in [5.74, 6) is 1.71. The van der Waals surface area contributed by atoms with E-state index < -0.39 is 0 Å². The standard InChI is InChI=1S/C13H22BNO/c1-9-6-10-7-13(2,14)5-4-11(10)12(16)15(3)8-9/h9-11H,4-8H2,1-3H3. The van der Waals surface area contributed by atoms with E-state index in [0.29, 0.717) is 17.7 Å². The first-order valence-corrected chi connectivity index (χ1v) is 6.43. The van der Waals surface area contributed by atoms with Crippen LogP contribution in [-0.2, 0) is 4.79 Å². The number of rotatable bonds is 0. The van der Waals surface area contributed by atoms with Crippen LogP contribution in [0.15, 0.2) is 0 Å². The molecule has 16 heavy (non-hydrogen) atoms. The van der Waals surface area contributed by atoms with Crippen LogP contribution in [0.1, 0.15) is 39.5 Å². The highest BCUT2D eigenvalue weighted by atomic mass is 16.2. The van der Waals surface area contributed by atoms with Crippen LogP contribution in [0.25, 0.3) is 0 Å². The van der Waals surface area contributed by atoms with Gasteiger partial charge in [0.2, 0.25) is 5.91 Å². The maximum absolute atomic E-state index is 12.2. The number of carbonyl (C=O) groups is 1. The molecule has 2 nitrogen and oxygen atoms in total. The Hall–Kier alpha value is -0.465. The molecule has 88 valence electrons. The van der Waals surface area contributed by atoms with Crippen molar-refractivity contribution in [3.63, 3.8) is 0 Å². The molecule has 2 radical (unpaired) electrons. The van der Waals surface area contributed by atoms with E-state index >= 15 is 0 Å². The predicted molar refractivity (Wildman–Crippen MR) is 66.4 cm³/mol. The van der Waals surface area contributed by atoms with Gasteiger partial charge in [0.1, 0.15) is 0 Å². The second-order valence-corrected chi connectivity index (χ2v) is 6.32. The Balaban J connectivity index is 2.17. The van der Waals surface area contributed by atoms with Gasteiger partial charge in [-0.3, -0.25) is 4.79 Å². The zero-order valence-corrected chi connectivity index (χ0v) is 10.7. The molecule has 1 saturated carbocycles. The summed E-state index contributed by atoms with van der Waals surface area (Å²) in [7, 11) is 8.18. The molecule has 0 bridgehead atoms. The topological polar surface area (TPSA) is 20.3 Å². The van der Waals surface area contributed by atoms with Gasteiger partial charge in [0.15, 0.2) is 0 Å². The fraction of sp³-hybridized carbons (Fsp3) is 0.923. The Labute approximate surface area is 100 Å². The zero-order valence-electron chi connectivity index (χ0n) is 10.7. The lowest BCUT2D eigenvalue weighted by Crippen LogP contribution is -2.38.